The molecule has 0 atom stereocenters. The smallest absolute Gasteiger partial charge is 0.340 e. The molecule has 0 saturated carbocycles. The second-order valence-electron chi connectivity index (χ2n) is 6.94. The molecule has 1 aliphatic heterocycles. The van der Waals surface area contributed by atoms with Gasteiger partial charge >= 0.3 is 5.97 Å². The summed E-state index contributed by atoms with van der Waals surface area (Å²) < 4.78 is 10.9. The highest BCUT2D eigenvalue weighted by atomic mass is 32.2. The Bertz CT molecular complexity index is 1310. The van der Waals surface area contributed by atoms with E-state index in [1.807, 2.05) is 12.1 Å². The van der Waals surface area contributed by atoms with E-state index in [0.29, 0.717) is 22.6 Å². The molecule has 0 amide bonds. The number of fused-ring (bicyclic) bond motifs is 2. The van der Waals surface area contributed by atoms with Crippen LogP contribution in [0.5, 0.6) is 0 Å². The Balaban J connectivity index is 1.59. The molecule has 0 spiro atoms. The van der Waals surface area contributed by atoms with Crippen LogP contribution in [0.15, 0.2) is 75.0 Å². The van der Waals surface area contributed by atoms with Gasteiger partial charge in [0.15, 0.2) is 5.58 Å². The lowest BCUT2D eigenvalue weighted by molar-refractivity contribution is 0.0602. The van der Waals surface area contributed by atoms with Crippen LogP contribution in [0, 0.1) is 0 Å². The number of carbonyl (C=O) groups is 1. The standard InChI is InChI=1S/C24H18N2O3S/c1-28-24(27)18-7-4-8-20-22(18)26-23(29-20)17-6-3-5-15-13-19(25-21(15)17)14-9-11-16(30-2)12-10-14/h3-12H,13H2,1-2H3. The highest BCUT2D eigenvalue weighted by Crippen LogP contribution is 2.39. The lowest BCUT2D eigenvalue weighted by Gasteiger charge is -2.01. The van der Waals surface area contributed by atoms with Gasteiger partial charge in [0.1, 0.15) is 5.52 Å². The zero-order chi connectivity index (χ0) is 20.7. The van der Waals surface area contributed by atoms with Crippen molar-refractivity contribution in [2.45, 2.75) is 11.3 Å². The molecule has 0 radical (unpaired) electrons. The lowest BCUT2D eigenvalue weighted by Crippen LogP contribution is -2.01. The van der Waals surface area contributed by atoms with Gasteiger partial charge in [-0.15, -0.1) is 11.8 Å². The van der Waals surface area contributed by atoms with Gasteiger partial charge < -0.3 is 9.15 Å². The summed E-state index contributed by atoms with van der Waals surface area (Å²) in [6.45, 7) is 0. The molecule has 0 saturated heterocycles. The lowest BCUT2D eigenvalue weighted by atomic mass is 10.0. The molecule has 5 rings (SSSR count). The van der Waals surface area contributed by atoms with Crippen molar-refractivity contribution in [2.24, 2.45) is 4.99 Å². The van der Waals surface area contributed by atoms with Gasteiger partial charge in [-0.25, -0.2) is 9.78 Å². The Hall–Kier alpha value is -3.38. The maximum atomic E-state index is 12.1. The topological polar surface area (TPSA) is 64.7 Å². The van der Waals surface area contributed by atoms with Crippen molar-refractivity contribution in [1.29, 1.82) is 0 Å². The number of para-hydroxylation sites is 2. The van der Waals surface area contributed by atoms with Gasteiger partial charge in [-0.1, -0.05) is 30.3 Å². The number of aromatic nitrogens is 1. The van der Waals surface area contributed by atoms with E-state index in [-0.39, 0.29) is 0 Å². The number of hydrogen-bond donors (Lipinski definition) is 0. The number of methoxy groups -OCH3 is 1. The predicted molar refractivity (Wildman–Crippen MR) is 119 cm³/mol. The summed E-state index contributed by atoms with van der Waals surface area (Å²) in [5.41, 5.74) is 6.37. The predicted octanol–water partition coefficient (Wildman–Crippen LogP) is 5.68. The molecular weight excluding hydrogens is 396 g/mol. The van der Waals surface area contributed by atoms with Crippen LogP contribution in [0.3, 0.4) is 0 Å². The Morgan fingerprint density at radius 1 is 1.07 bits per heavy atom. The van der Waals surface area contributed by atoms with Crippen molar-refractivity contribution in [3.63, 3.8) is 0 Å². The minimum Gasteiger partial charge on any atom is -0.465 e. The summed E-state index contributed by atoms with van der Waals surface area (Å²) in [5, 5.41) is 0. The summed E-state index contributed by atoms with van der Waals surface area (Å²) in [6, 6.07) is 19.7. The first kappa shape index (κ1) is 18.6. The van der Waals surface area contributed by atoms with Crippen molar-refractivity contribution in [3.8, 4) is 11.5 Å². The van der Waals surface area contributed by atoms with Crippen LogP contribution in [-0.2, 0) is 11.2 Å². The molecule has 6 heteroatoms. The first-order chi connectivity index (χ1) is 14.7. The number of hydrogen-bond acceptors (Lipinski definition) is 6. The van der Waals surface area contributed by atoms with E-state index in [9.17, 15) is 4.79 Å². The van der Waals surface area contributed by atoms with Crippen molar-refractivity contribution in [1.82, 2.24) is 4.98 Å². The normalized spacial score (nSPS) is 12.7. The first-order valence-corrected chi connectivity index (χ1v) is 10.7. The van der Waals surface area contributed by atoms with Crippen LogP contribution in [0.1, 0.15) is 21.5 Å². The minimum atomic E-state index is -0.437. The van der Waals surface area contributed by atoms with Gasteiger partial charge in [0.2, 0.25) is 5.89 Å². The highest BCUT2D eigenvalue weighted by Gasteiger charge is 2.23. The number of rotatable bonds is 4. The molecule has 1 aromatic heterocycles. The number of aliphatic imine (C=N–C) groups is 1. The molecule has 0 aliphatic carbocycles. The number of benzene rings is 3. The van der Waals surface area contributed by atoms with Crippen LogP contribution in [0.25, 0.3) is 22.6 Å². The second kappa shape index (κ2) is 7.46. The van der Waals surface area contributed by atoms with Crippen LogP contribution in [0.2, 0.25) is 0 Å². The Morgan fingerprint density at radius 2 is 1.87 bits per heavy atom. The van der Waals surface area contributed by atoms with Crippen molar-refractivity contribution >= 4 is 40.2 Å². The molecule has 0 bridgehead atoms. The van der Waals surface area contributed by atoms with Gasteiger partial charge in [0.05, 0.1) is 29.6 Å². The van der Waals surface area contributed by atoms with Crippen molar-refractivity contribution in [2.75, 3.05) is 13.4 Å². The van der Waals surface area contributed by atoms with Crippen LogP contribution in [-0.4, -0.2) is 30.0 Å². The third-order valence-electron chi connectivity index (χ3n) is 5.20. The van der Waals surface area contributed by atoms with Crippen LogP contribution >= 0.6 is 11.8 Å². The highest BCUT2D eigenvalue weighted by molar-refractivity contribution is 7.98. The quantitative estimate of drug-likeness (QED) is 0.317. The van der Waals surface area contributed by atoms with Gasteiger partial charge in [-0.2, -0.15) is 0 Å². The number of thioether (sulfide) groups is 1. The summed E-state index contributed by atoms with van der Waals surface area (Å²) in [7, 11) is 1.36. The van der Waals surface area contributed by atoms with Crippen molar-refractivity contribution in [3.05, 3.63) is 77.4 Å². The van der Waals surface area contributed by atoms with Gasteiger partial charge in [-0.3, -0.25) is 4.99 Å². The number of nitrogens with zero attached hydrogens (tertiary/aromatic N) is 2. The molecule has 3 aromatic carbocycles. The van der Waals surface area contributed by atoms with E-state index in [1.54, 1.807) is 30.0 Å². The maximum absolute atomic E-state index is 12.1. The van der Waals surface area contributed by atoms with E-state index >= 15 is 0 Å². The maximum Gasteiger partial charge on any atom is 0.340 e. The number of carbonyl (C=O) groups excluding carboxylic acids is 1. The molecule has 2 heterocycles. The molecular formula is C24H18N2O3S. The Morgan fingerprint density at radius 3 is 2.63 bits per heavy atom. The van der Waals surface area contributed by atoms with Crippen molar-refractivity contribution < 1.29 is 13.9 Å². The molecule has 0 N–H and O–H groups in total. The van der Waals surface area contributed by atoms with E-state index in [1.165, 1.54) is 12.0 Å². The zero-order valence-corrected chi connectivity index (χ0v) is 17.3. The Labute approximate surface area is 177 Å². The van der Waals surface area contributed by atoms with Crippen LogP contribution in [0.4, 0.5) is 5.69 Å². The molecule has 0 fully saturated rings. The number of oxazole rings is 1. The average Bonchev–Trinajstić information content (AvgIpc) is 3.42. The first-order valence-electron chi connectivity index (χ1n) is 9.50. The fraction of sp³-hybridized carbons (Fsp3) is 0.125. The number of ether oxygens (including phenoxy) is 1. The van der Waals surface area contributed by atoms with E-state index in [2.05, 4.69) is 41.6 Å². The van der Waals surface area contributed by atoms with Crippen LogP contribution < -0.4 is 0 Å². The van der Waals surface area contributed by atoms with E-state index in [4.69, 9.17) is 14.1 Å². The fourth-order valence-electron chi connectivity index (χ4n) is 3.68. The fourth-order valence-corrected chi connectivity index (χ4v) is 4.09. The monoisotopic (exact) mass is 414 g/mol. The van der Waals surface area contributed by atoms with E-state index in [0.717, 1.165) is 34.5 Å². The second-order valence-corrected chi connectivity index (χ2v) is 7.82. The van der Waals surface area contributed by atoms with E-state index < -0.39 is 5.97 Å². The SMILES string of the molecule is COC(=O)c1cccc2oc(-c3cccc4c3N=C(c3ccc(SC)cc3)C4)nc12. The molecule has 4 aromatic rings. The molecule has 0 unspecified atom stereocenters. The molecule has 148 valence electrons. The summed E-state index contributed by atoms with van der Waals surface area (Å²) in [5.74, 6) is 0.00803. The summed E-state index contributed by atoms with van der Waals surface area (Å²) >= 11 is 1.72. The summed E-state index contributed by atoms with van der Waals surface area (Å²) in [6.07, 6.45) is 2.82. The zero-order valence-electron chi connectivity index (χ0n) is 16.5. The largest absolute Gasteiger partial charge is 0.465 e. The van der Waals surface area contributed by atoms with Gasteiger partial charge in [0.25, 0.3) is 0 Å². The van der Waals surface area contributed by atoms with Gasteiger partial charge in [-0.05, 0) is 47.7 Å². The molecule has 5 nitrogen and oxygen atoms in total. The molecule has 1 aliphatic rings. The molecule has 30 heavy (non-hydrogen) atoms. The van der Waals surface area contributed by atoms with Gasteiger partial charge in [0, 0.05) is 11.3 Å². The third-order valence-corrected chi connectivity index (χ3v) is 5.95. The third kappa shape index (κ3) is 3.09. The summed E-state index contributed by atoms with van der Waals surface area (Å²) in [4.78, 5) is 22.8. The average molecular weight is 414 g/mol. The number of esters is 1. The minimum absolute atomic E-state index is 0.385. The Kier molecular flexibility index (Phi) is 4.64.